The van der Waals surface area contributed by atoms with Gasteiger partial charge in [-0.2, -0.15) is 0 Å². The SMILES string of the molecule is CC1=CCC2C=CC=CC2=C1. The minimum Gasteiger partial charge on any atom is -0.0807 e. The van der Waals surface area contributed by atoms with E-state index >= 15 is 0 Å². The van der Waals surface area contributed by atoms with Crippen LogP contribution in [0.4, 0.5) is 0 Å². The van der Waals surface area contributed by atoms with Crippen molar-refractivity contribution < 1.29 is 0 Å². The first-order valence-electron chi connectivity index (χ1n) is 4.09. The molecule has 0 aromatic rings. The van der Waals surface area contributed by atoms with Crippen LogP contribution in [0.2, 0.25) is 0 Å². The molecule has 0 aliphatic heterocycles. The van der Waals surface area contributed by atoms with Crippen LogP contribution in [0.1, 0.15) is 13.3 Å². The van der Waals surface area contributed by atoms with Crippen LogP contribution >= 0.6 is 0 Å². The Bertz CT molecular complexity index is 274. The second kappa shape index (κ2) is 2.54. The van der Waals surface area contributed by atoms with E-state index < -0.39 is 0 Å². The molecule has 11 heavy (non-hydrogen) atoms. The summed E-state index contributed by atoms with van der Waals surface area (Å²) in [6, 6.07) is 0. The highest BCUT2D eigenvalue weighted by Gasteiger charge is 2.12. The Morgan fingerprint density at radius 2 is 2.27 bits per heavy atom. The summed E-state index contributed by atoms with van der Waals surface area (Å²) in [5.74, 6) is 0.656. The Balaban J connectivity index is 2.33. The normalized spacial score (nSPS) is 27.5. The van der Waals surface area contributed by atoms with Crippen LogP contribution in [0.25, 0.3) is 0 Å². The van der Waals surface area contributed by atoms with E-state index in [2.05, 4.69) is 43.4 Å². The van der Waals surface area contributed by atoms with E-state index in [1.165, 1.54) is 17.6 Å². The molecular weight excluding hydrogens is 132 g/mol. The maximum Gasteiger partial charge on any atom is 0.00559 e. The van der Waals surface area contributed by atoms with Crippen molar-refractivity contribution in [2.24, 2.45) is 5.92 Å². The van der Waals surface area contributed by atoms with Gasteiger partial charge in [-0.15, -0.1) is 0 Å². The summed E-state index contributed by atoms with van der Waals surface area (Å²) in [7, 11) is 0. The van der Waals surface area contributed by atoms with Gasteiger partial charge < -0.3 is 0 Å². The lowest BCUT2D eigenvalue weighted by Gasteiger charge is -2.19. The van der Waals surface area contributed by atoms with Crippen molar-refractivity contribution in [2.75, 3.05) is 0 Å². The molecule has 0 heteroatoms. The molecule has 0 N–H and O–H groups in total. The van der Waals surface area contributed by atoms with E-state index in [-0.39, 0.29) is 0 Å². The fraction of sp³-hybridized carbons (Fsp3) is 0.273. The highest BCUT2D eigenvalue weighted by Crippen LogP contribution is 2.27. The largest absolute Gasteiger partial charge is 0.0807 e. The number of allylic oxidation sites excluding steroid dienone is 8. The number of hydrogen-bond donors (Lipinski definition) is 0. The lowest BCUT2D eigenvalue weighted by atomic mass is 9.86. The van der Waals surface area contributed by atoms with E-state index in [0.717, 1.165) is 0 Å². The van der Waals surface area contributed by atoms with E-state index in [1.807, 2.05) is 0 Å². The Labute approximate surface area is 67.6 Å². The van der Waals surface area contributed by atoms with E-state index in [9.17, 15) is 0 Å². The van der Waals surface area contributed by atoms with Gasteiger partial charge in [-0.1, -0.05) is 42.0 Å². The van der Waals surface area contributed by atoms with Crippen LogP contribution in [0, 0.1) is 5.92 Å². The zero-order valence-electron chi connectivity index (χ0n) is 6.75. The van der Waals surface area contributed by atoms with Crippen LogP contribution in [0.3, 0.4) is 0 Å². The van der Waals surface area contributed by atoms with Gasteiger partial charge in [-0.05, 0) is 18.9 Å². The lowest BCUT2D eigenvalue weighted by molar-refractivity contribution is 0.772. The Morgan fingerprint density at radius 3 is 3.18 bits per heavy atom. The van der Waals surface area contributed by atoms with Crippen LogP contribution in [0.15, 0.2) is 47.6 Å². The fourth-order valence-electron chi connectivity index (χ4n) is 1.60. The third-order valence-electron chi connectivity index (χ3n) is 2.26. The van der Waals surface area contributed by atoms with Gasteiger partial charge in [0.05, 0.1) is 0 Å². The first-order chi connectivity index (χ1) is 5.36. The Hall–Kier alpha value is -1.04. The topological polar surface area (TPSA) is 0 Å². The minimum absolute atomic E-state index is 0.656. The highest BCUT2D eigenvalue weighted by atomic mass is 14.2. The van der Waals surface area contributed by atoms with Crippen molar-refractivity contribution in [3.05, 3.63) is 47.6 Å². The summed E-state index contributed by atoms with van der Waals surface area (Å²) >= 11 is 0. The van der Waals surface area contributed by atoms with Gasteiger partial charge in [0.1, 0.15) is 0 Å². The van der Waals surface area contributed by atoms with Crippen molar-refractivity contribution in [1.82, 2.24) is 0 Å². The second-order valence-corrected chi connectivity index (χ2v) is 3.18. The molecule has 0 aromatic carbocycles. The molecule has 0 bridgehead atoms. The van der Waals surface area contributed by atoms with Crippen molar-refractivity contribution in [1.29, 1.82) is 0 Å². The summed E-state index contributed by atoms with van der Waals surface area (Å²) in [5, 5.41) is 0. The van der Waals surface area contributed by atoms with Crippen LogP contribution in [0.5, 0.6) is 0 Å². The molecule has 0 saturated heterocycles. The summed E-state index contributed by atoms with van der Waals surface area (Å²) in [4.78, 5) is 0. The molecule has 0 nitrogen and oxygen atoms in total. The molecule has 2 aliphatic rings. The molecule has 0 aromatic heterocycles. The molecule has 0 heterocycles. The van der Waals surface area contributed by atoms with E-state index in [4.69, 9.17) is 0 Å². The summed E-state index contributed by atoms with van der Waals surface area (Å²) in [5.41, 5.74) is 2.86. The van der Waals surface area contributed by atoms with E-state index in [0.29, 0.717) is 5.92 Å². The van der Waals surface area contributed by atoms with Gasteiger partial charge in [0.2, 0.25) is 0 Å². The molecule has 56 valence electrons. The summed E-state index contributed by atoms with van der Waals surface area (Å²) in [6.07, 6.45) is 14.5. The average Bonchev–Trinajstić information content (AvgIpc) is 2.04. The van der Waals surface area contributed by atoms with Crippen LogP contribution < -0.4 is 0 Å². The third-order valence-corrected chi connectivity index (χ3v) is 2.26. The number of fused-ring (bicyclic) bond motifs is 1. The molecule has 0 radical (unpaired) electrons. The fourth-order valence-corrected chi connectivity index (χ4v) is 1.60. The first kappa shape index (κ1) is 6.66. The quantitative estimate of drug-likeness (QED) is 0.490. The predicted molar refractivity (Wildman–Crippen MR) is 48.2 cm³/mol. The van der Waals surface area contributed by atoms with Crippen molar-refractivity contribution in [3.63, 3.8) is 0 Å². The number of rotatable bonds is 0. The zero-order valence-corrected chi connectivity index (χ0v) is 6.75. The molecule has 0 fully saturated rings. The van der Waals surface area contributed by atoms with E-state index in [1.54, 1.807) is 0 Å². The van der Waals surface area contributed by atoms with Gasteiger partial charge in [-0.25, -0.2) is 0 Å². The predicted octanol–water partition coefficient (Wildman–Crippen LogP) is 3.01. The minimum atomic E-state index is 0.656. The molecule has 0 saturated carbocycles. The molecular formula is C11H12. The lowest BCUT2D eigenvalue weighted by Crippen LogP contribution is -2.04. The van der Waals surface area contributed by atoms with Gasteiger partial charge in [0.15, 0.2) is 0 Å². The molecule has 1 unspecified atom stereocenters. The maximum absolute atomic E-state index is 2.30. The van der Waals surface area contributed by atoms with Crippen molar-refractivity contribution >= 4 is 0 Å². The van der Waals surface area contributed by atoms with Gasteiger partial charge in [0.25, 0.3) is 0 Å². The summed E-state index contributed by atoms with van der Waals surface area (Å²) < 4.78 is 0. The average molecular weight is 144 g/mol. The van der Waals surface area contributed by atoms with Crippen LogP contribution in [-0.4, -0.2) is 0 Å². The second-order valence-electron chi connectivity index (χ2n) is 3.18. The maximum atomic E-state index is 2.30. The summed E-state index contributed by atoms with van der Waals surface area (Å²) in [6.45, 7) is 2.16. The first-order valence-corrected chi connectivity index (χ1v) is 4.09. The van der Waals surface area contributed by atoms with Gasteiger partial charge in [0, 0.05) is 5.92 Å². The van der Waals surface area contributed by atoms with Gasteiger partial charge >= 0.3 is 0 Å². The monoisotopic (exact) mass is 144 g/mol. The molecule has 1 atom stereocenters. The third kappa shape index (κ3) is 1.21. The van der Waals surface area contributed by atoms with Crippen molar-refractivity contribution in [3.8, 4) is 0 Å². The zero-order chi connectivity index (χ0) is 7.68. The Morgan fingerprint density at radius 1 is 1.36 bits per heavy atom. The molecule has 0 spiro atoms. The molecule has 2 aliphatic carbocycles. The highest BCUT2D eigenvalue weighted by molar-refractivity contribution is 5.41. The number of hydrogen-bond acceptors (Lipinski definition) is 0. The van der Waals surface area contributed by atoms with Gasteiger partial charge in [-0.3, -0.25) is 0 Å². The Kier molecular flexibility index (Phi) is 1.54. The van der Waals surface area contributed by atoms with Crippen molar-refractivity contribution in [2.45, 2.75) is 13.3 Å². The molecule has 0 amide bonds. The molecule has 2 rings (SSSR count). The standard InChI is InChI=1S/C11H12/c1-9-6-7-10-4-2-3-5-11(10)8-9/h2-6,8,10H,7H2,1H3. The van der Waals surface area contributed by atoms with Crippen LogP contribution in [-0.2, 0) is 0 Å². The smallest absolute Gasteiger partial charge is 0.00559 e.